The molecule has 4 aromatic rings. The third kappa shape index (κ3) is 5.43. The second-order valence-electron chi connectivity index (χ2n) is 14.1. The van der Waals surface area contributed by atoms with E-state index in [1.54, 1.807) is 26.2 Å². The van der Waals surface area contributed by atoms with E-state index in [4.69, 9.17) is 20.4 Å². The highest BCUT2D eigenvalue weighted by atomic mass is 19.4. The van der Waals surface area contributed by atoms with Gasteiger partial charge in [-0.05, 0) is 90.0 Å². The molecule has 14 heteroatoms. The van der Waals surface area contributed by atoms with Crippen molar-refractivity contribution in [2.45, 2.75) is 102 Å². The molecule has 2 aliphatic heterocycles. The van der Waals surface area contributed by atoms with Gasteiger partial charge in [0.1, 0.15) is 22.5 Å². The van der Waals surface area contributed by atoms with Crippen molar-refractivity contribution in [1.29, 1.82) is 0 Å². The van der Waals surface area contributed by atoms with Crippen LogP contribution in [0.15, 0.2) is 30.3 Å². The second kappa shape index (κ2) is 11.4. The Labute approximate surface area is 276 Å². The fourth-order valence-electron chi connectivity index (χ4n) is 7.28. The van der Waals surface area contributed by atoms with Gasteiger partial charge < -0.3 is 30.6 Å². The molecule has 0 radical (unpaired) electrons. The van der Waals surface area contributed by atoms with Crippen LogP contribution >= 0.6 is 0 Å². The van der Waals surface area contributed by atoms with Gasteiger partial charge in [-0.1, -0.05) is 0 Å². The number of fused-ring (bicyclic) bond motifs is 4. The molecule has 0 aromatic carbocycles. The van der Waals surface area contributed by atoms with Crippen molar-refractivity contribution in [1.82, 2.24) is 34.5 Å². The number of rotatable bonds is 8. The number of nitrogens with zero attached hydrogens (tertiary/aromatic N) is 5. The molecule has 4 aromatic heterocycles. The van der Waals surface area contributed by atoms with E-state index < -0.39 is 23.8 Å². The number of pyridine rings is 2. The minimum Gasteiger partial charge on any atom is -0.482 e. The van der Waals surface area contributed by atoms with Crippen molar-refractivity contribution in [3.8, 4) is 17.3 Å². The van der Waals surface area contributed by atoms with Gasteiger partial charge in [-0.3, -0.25) is 9.20 Å². The van der Waals surface area contributed by atoms with E-state index in [2.05, 4.69) is 9.88 Å². The van der Waals surface area contributed by atoms with Crippen molar-refractivity contribution in [2.75, 3.05) is 7.11 Å². The molecule has 3 fully saturated rings. The normalized spacial score (nSPS) is 21.7. The molecule has 1 aliphatic carbocycles. The Morgan fingerprint density at radius 2 is 1.85 bits per heavy atom. The number of nitrogens with one attached hydrogen (secondary N) is 2. The van der Waals surface area contributed by atoms with Crippen molar-refractivity contribution in [2.24, 2.45) is 11.7 Å². The Kier molecular flexibility index (Phi) is 7.64. The van der Waals surface area contributed by atoms with Crippen LogP contribution < -0.4 is 21.1 Å². The summed E-state index contributed by atoms with van der Waals surface area (Å²) in [6, 6.07) is 7.89. The van der Waals surface area contributed by atoms with Gasteiger partial charge in [-0.25, -0.2) is 14.8 Å². The zero-order valence-corrected chi connectivity index (χ0v) is 27.7. The first-order chi connectivity index (χ1) is 22.7. The fourth-order valence-corrected chi connectivity index (χ4v) is 7.28. The van der Waals surface area contributed by atoms with Crippen LogP contribution in [0.25, 0.3) is 28.1 Å². The number of ether oxygens (including phenoxy) is 1. The Morgan fingerprint density at radius 1 is 1.10 bits per heavy atom. The lowest BCUT2D eigenvalue weighted by Gasteiger charge is -2.29. The summed E-state index contributed by atoms with van der Waals surface area (Å²) >= 11 is 0. The summed E-state index contributed by atoms with van der Waals surface area (Å²) in [6.45, 7) is 6.18. The van der Waals surface area contributed by atoms with Crippen LogP contribution in [-0.4, -0.2) is 72.7 Å². The number of hydrogen-bond donors (Lipinski definition) is 3. The number of urea groups is 1. The summed E-state index contributed by atoms with van der Waals surface area (Å²) in [6.07, 6.45) is 0.291. The third-order valence-corrected chi connectivity index (χ3v) is 10.3. The predicted octanol–water partition coefficient (Wildman–Crippen LogP) is 5.48. The van der Waals surface area contributed by atoms with E-state index in [0.717, 1.165) is 68.4 Å². The molecule has 6 heterocycles. The zero-order chi connectivity index (χ0) is 34.3. The molecule has 0 unspecified atom stereocenters. The molecular weight excluding hydrogens is 625 g/mol. The van der Waals surface area contributed by atoms with Crippen LogP contribution in [0, 0.1) is 12.8 Å². The standard InChI is InChI=1S/C34H41F3N8O3/c1-17(39-32(47)42-33(3,4)34(35,36)37)24-10-8-20-12-26(43(30(20)40-24)16-19-6-7-19)29-18(2)44-27(41-29)13-21(14-28(44)48-5)31(46)45-22-9-11-25(45)23(38)15-22/h8,10,12-14,17,19,22-23,25H,6-7,9,11,15-16,38H2,1-5H3,(H2,39,42,47)/t17-,22+,23-,25-/m1/s1. The summed E-state index contributed by atoms with van der Waals surface area (Å²) in [5.74, 6) is 0.922. The number of aromatic nitrogens is 4. The van der Waals surface area contributed by atoms with Crippen molar-refractivity contribution >= 4 is 28.6 Å². The number of carbonyl (C=O) groups is 2. The number of nitrogens with two attached hydrogens (primary N) is 1. The summed E-state index contributed by atoms with van der Waals surface area (Å²) in [4.78, 5) is 38.2. The van der Waals surface area contributed by atoms with Gasteiger partial charge in [-0.2, -0.15) is 13.2 Å². The minimum atomic E-state index is -4.61. The highest BCUT2D eigenvalue weighted by Gasteiger charge is 2.49. The molecule has 3 aliphatic rings. The molecule has 2 saturated heterocycles. The number of halogens is 3. The Morgan fingerprint density at radius 3 is 2.48 bits per heavy atom. The first kappa shape index (κ1) is 32.2. The van der Waals surface area contributed by atoms with Gasteiger partial charge in [-0.15, -0.1) is 0 Å². The van der Waals surface area contributed by atoms with Crippen LogP contribution in [0.3, 0.4) is 0 Å². The molecular formula is C34H41F3N8O3. The van der Waals surface area contributed by atoms with Gasteiger partial charge >= 0.3 is 12.2 Å². The quantitative estimate of drug-likeness (QED) is 0.228. The number of alkyl halides is 3. The van der Waals surface area contributed by atoms with Crippen LogP contribution in [0.2, 0.25) is 0 Å². The molecule has 256 valence electrons. The van der Waals surface area contributed by atoms with Crippen molar-refractivity contribution in [3.05, 3.63) is 47.3 Å². The van der Waals surface area contributed by atoms with E-state index in [0.29, 0.717) is 40.9 Å². The maximum Gasteiger partial charge on any atom is 0.411 e. The molecule has 1 saturated carbocycles. The lowest BCUT2D eigenvalue weighted by molar-refractivity contribution is -0.182. The molecule has 3 amide bonds. The smallest absolute Gasteiger partial charge is 0.411 e. The van der Waals surface area contributed by atoms with Gasteiger partial charge in [0, 0.05) is 41.7 Å². The third-order valence-electron chi connectivity index (χ3n) is 10.3. The molecule has 11 nitrogen and oxygen atoms in total. The van der Waals surface area contributed by atoms with Crippen LogP contribution in [0.1, 0.15) is 80.7 Å². The van der Waals surface area contributed by atoms with Gasteiger partial charge in [0.15, 0.2) is 5.88 Å². The molecule has 0 spiro atoms. The van der Waals surface area contributed by atoms with Crippen LogP contribution in [0.5, 0.6) is 5.88 Å². The number of aryl methyl sites for hydroxylation is 1. The number of amides is 3. The predicted molar refractivity (Wildman–Crippen MR) is 174 cm³/mol. The van der Waals surface area contributed by atoms with Gasteiger partial charge in [0.05, 0.1) is 30.2 Å². The summed E-state index contributed by atoms with van der Waals surface area (Å²) in [7, 11) is 1.58. The summed E-state index contributed by atoms with van der Waals surface area (Å²) in [5.41, 5.74) is 8.64. The van der Waals surface area contributed by atoms with E-state index in [1.165, 1.54) is 0 Å². The van der Waals surface area contributed by atoms with E-state index in [-0.39, 0.29) is 24.0 Å². The lowest BCUT2D eigenvalue weighted by Crippen LogP contribution is -2.57. The maximum atomic E-state index is 13.8. The SMILES string of the molecule is COc1cc(C(=O)N2[C@H]3CC[C@@H]2[C@H](N)C3)cc2nc(-c3cc4ccc([C@@H](C)NC(=O)NC(C)(C)C(F)(F)F)nc4n3CC3CC3)c(C)n12. The van der Waals surface area contributed by atoms with E-state index in [9.17, 15) is 22.8 Å². The second-order valence-corrected chi connectivity index (χ2v) is 14.1. The minimum absolute atomic E-state index is 0.00133. The highest BCUT2D eigenvalue weighted by molar-refractivity contribution is 5.97. The number of imidazole rings is 1. The van der Waals surface area contributed by atoms with E-state index in [1.807, 2.05) is 39.7 Å². The average molecular weight is 667 g/mol. The largest absolute Gasteiger partial charge is 0.482 e. The maximum absolute atomic E-state index is 13.8. The monoisotopic (exact) mass is 666 g/mol. The first-order valence-corrected chi connectivity index (χ1v) is 16.5. The van der Waals surface area contributed by atoms with Crippen molar-refractivity contribution in [3.63, 3.8) is 0 Å². The van der Waals surface area contributed by atoms with Crippen LogP contribution in [-0.2, 0) is 6.54 Å². The molecule has 7 rings (SSSR count). The molecule has 4 atom stereocenters. The number of hydrogen-bond acceptors (Lipinski definition) is 6. The Balaban J connectivity index is 1.24. The highest BCUT2D eigenvalue weighted by Crippen LogP contribution is 2.40. The van der Waals surface area contributed by atoms with Gasteiger partial charge in [0.25, 0.3) is 5.91 Å². The first-order valence-electron chi connectivity index (χ1n) is 16.5. The molecule has 48 heavy (non-hydrogen) atoms. The van der Waals surface area contributed by atoms with E-state index >= 15 is 0 Å². The van der Waals surface area contributed by atoms with Gasteiger partial charge in [0.2, 0.25) is 0 Å². The lowest BCUT2D eigenvalue weighted by atomic mass is 9.97. The van der Waals surface area contributed by atoms with Crippen molar-refractivity contribution < 1.29 is 27.5 Å². The fraction of sp³-hybridized carbons (Fsp3) is 0.529. The van der Waals surface area contributed by atoms with Crippen LogP contribution in [0.4, 0.5) is 18.0 Å². The Bertz CT molecular complexity index is 1930. The topological polar surface area (TPSA) is 132 Å². The summed E-state index contributed by atoms with van der Waals surface area (Å²) < 4.78 is 49.8. The summed E-state index contributed by atoms with van der Waals surface area (Å²) in [5, 5.41) is 5.47. The molecule has 2 bridgehead atoms. The molecule has 4 N–H and O–H groups in total. The zero-order valence-electron chi connectivity index (χ0n) is 27.7. The Hall–Kier alpha value is -4.33. The number of carbonyl (C=O) groups excluding carboxylic acids is 2. The average Bonchev–Trinajstić information content (AvgIpc) is 3.34. The number of methoxy groups -OCH3 is 1.